The molecule has 0 amide bonds. The second-order valence-corrected chi connectivity index (χ2v) is 5.27. The molecule has 2 aromatic rings. The van der Waals surface area contributed by atoms with Gasteiger partial charge >= 0.3 is 0 Å². The van der Waals surface area contributed by atoms with Crippen LogP contribution in [0.1, 0.15) is 36.8 Å². The van der Waals surface area contributed by atoms with E-state index in [1.165, 1.54) is 48.0 Å². The third kappa shape index (κ3) is 2.91. The van der Waals surface area contributed by atoms with Gasteiger partial charge in [0.25, 0.3) is 0 Å². The van der Waals surface area contributed by atoms with Crippen molar-refractivity contribution in [1.29, 1.82) is 0 Å². The molecular formula is C20H20. The van der Waals surface area contributed by atoms with Gasteiger partial charge < -0.3 is 0 Å². The highest BCUT2D eigenvalue weighted by Gasteiger charge is 2.10. The zero-order chi connectivity index (χ0) is 13.6. The first-order valence-corrected chi connectivity index (χ1v) is 7.46. The van der Waals surface area contributed by atoms with Crippen LogP contribution in [0.2, 0.25) is 0 Å². The summed E-state index contributed by atoms with van der Waals surface area (Å²) in [4.78, 5) is 0. The Kier molecular flexibility index (Phi) is 4.13. The normalized spacial score (nSPS) is 19.4. The van der Waals surface area contributed by atoms with Crippen molar-refractivity contribution in [3.8, 4) is 0 Å². The Morgan fingerprint density at radius 1 is 0.650 bits per heavy atom. The summed E-state index contributed by atoms with van der Waals surface area (Å²) < 4.78 is 0. The molecule has 0 spiro atoms. The SMILES string of the molecule is C1=C/C(c2ccccc2)=C(/c2ccccc2)CCCC1. The predicted octanol–water partition coefficient (Wildman–Crippen LogP) is 5.73. The van der Waals surface area contributed by atoms with Crippen LogP contribution in [0, 0.1) is 0 Å². The number of hydrogen-bond acceptors (Lipinski definition) is 0. The van der Waals surface area contributed by atoms with E-state index in [-0.39, 0.29) is 0 Å². The molecule has 0 heterocycles. The Bertz CT molecular complexity index is 603. The fourth-order valence-corrected chi connectivity index (χ4v) is 2.83. The summed E-state index contributed by atoms with van der Waals surface area (Å²) in [6.45, 7) is 0. The lowest BCUT2D eigenvalue weighted by Gasteiger charge is -2.16. The molecule has 1 aliphatic carbocycles. The highest BCUT2D eigenvalue weighted by Crippen LogP contribution is 2.33. The van der Waals surface area contributed by atoms with E-state index in [9.17, 15) is 0 Å². The van der Waals surface area contributed by atoms with Crippen LogP contribution >= 0.6 is 0 Å². The molecule has 0 saturated heterocycles. The van der Waals surface area contributed by atoms with Crippen molar-refractivity contribution in [2.75, 3.05) is 0 Å². The van der Waals surface area contributed by atoms with Crippen molar-refractivity contribution >= 4 is 11.1 Å². The summed E-state index contributed by atoms with van der Waals surface area (Å²) in [6.07, 6.45) is 9.55. The minimum Gasteiger partial charge on any atom is -0.0839 e. The molecule has 0 fully saturated rings. The molecule has 2 aromatic carbocycles. The molecule has 0 aliphatic heterocycles. The quantitative estimate of drug-likeness (QED) is 0.647. The first-order chi connectivity index (χ1) is 9.95. The second kappa shape index (κ2) is 6.38. The molecule has 1 aliphatic rings. The summed E-state index contributed by atoms with van der Waals surface area (Å²) in [5, 5.41) is 0. The van der Waals surface area contributed by atoms with E-state index < -0.39 is 0 Å². The van der Waals surface area contributed by atoms with Crippen LogP contribution in [0.15, 0.2) is 72.8 Å². The lowest BCUT2D eigenvalue weighted by Crippen LogP contribution is -1.94. The van der Waals surface area contributed by atoms with Crippen LogP contribution in [0.3, 0.4) is 0 Å². The average Bonchev–Trinajstić information content (AvgIpc) is 2.49. The van der Waals surface area contributed by atoms with Crippen molar-refractivity contribution in [1.82, 2.24) is 0 Å². The first kappa shape index (κ1) is 12.9. The first-order valence-electron chi connectivity index (χ1n) is 7.46. The minimum atomic E-state index is 1.17. The Labute approximate surface area is 121 Å². The Morgan fingerprint density at radius 3 is 2.00 bits per heavy atom. The fraction of sp³-hybridized carbons (Fsp3) is 0.200. The monoisotopic (exact) mass is 260 g/mol. The zero-order valence-corrected chi connectivity index (χ0v) is 11.8. The van der Waals surface area contributed by atoms with Gasteiger partial charge in [-0.1, -0.05) is 72.8 Å². The van der Waals surface area contributed by atoms with E-state index in [0.29, 0.717) is 0 Å². The predicted molar refractivity (Wildman–Crippen MR) is 87.3 cm³/mol. The van der Waals surface area contributed by atoms with Gasteiger partial charge in [0.15, 0.2) is 0 Å². The van der Waals surface area contributed by atoms with E-state index in [1.54, 1.807) is 0 Å². The van der Waals surface area contributed by atoms with Crippen LogP contribution in [-0.4, -0.2) is 0 Å². The van der Waals surface area contributed by atoms with Crippen LogP contribution in [0.5, 0.6) is 0 Å². The Balaban J connectivity index is 2.14. The molecule has 0 heteroatoms. The number of rotatable bonds is 2. The molecule has 20 heavy (non-hydrogen) atoms. The molecule has 0 radical (unpaired) electrons. The smallest absolute Gasteiger partial charge is 0.0149 e. The topological polar surface area (TPSA) is 0 Å². The van der Waals surface area contributed by atoms with Gasteiger partial charge in [0.1, 0.15) is 0 Å². The van der Waals surface area contributed by atoms with Crippen molar-refractivity contribution in [3.63, 3.8) is 0 Å². The maximum Gasteiger partial charge on any atom is -0.0149 e. The second-order valence-electron chi connectivity index (χ2n) is 5.27. The molecule has 0 unspecified atom stereocenters. The van der Waals surface area contributed by atoms with Gasteiger partial charge in [0.2, 0.25) is 0 Å². The van der Waals surface area contributed by atoms with Gasteiger partial charge in [-0.2, -0.15) is 0 Å². The van der Waals surface area contributed by atoms with Gasteiger partial charge in [-0.15, -0.1) is 0 Å². The van der Waals surface area contributed by atoms with Gasteiger partial charge in [0, 0.05) is 0 Å². The van der Waals surface area contributed by atoms with Crippen molar-refractivity contribution in [2.24, 2.45) is 0 Å². The maximum absolute atomic E-state index is 2.32. The third-order valence-corrected chi connectivity index (χ3v) is 3.86. The lowest BCUT2D eigenvalue weighted by atomic mass is 9.89. The largest absolute Gasteiger partial charge is 0.0839 e. The standard InChI is InChI=1S/C20H20/c1-2-10-16-20(18-13-7-4-8-14-18)19(15-9-1)17-11-5-3-6-12-17/h3-9,11-15H,1-2,10,16H2/b15-9?,20-19-. The number of hydrogen-bond donors (Lipinski definition) is 0. The van der Waals surface area contributed by atoms with E-state index in [4.69, 9.17) is 0 Å². The van der Waals surface area contributed by atoms with Crippen molar-refractivity contribution in [2.45, 2.75) is 25.7 Å². The van der Waals surface area contributed by atoms with E-state index in [1.807, 2.05) is 0 Å². The Hall–Kier alpha value is -2.08. The van der Waals surface area contributed by atoms with Crippen LogP contribution in [0.25, 0.3) is 11.1 Å². The average molecular weight is 260 g/mol. The minimum absolute atomic E-state index is 1.17. The highest BCUT2D eigenvalue weighted by atomic mass is 14.1. The van der Waals surface area contributed by atoms with Crippen LogP contribution in [0.4, 0.5) is 0 Å². The molecule has 0 atom stereocenters. The van der Waals surface area contributed by atoms with Crippen LogP contribution < -0.4 is 0 Å². The van der Waals surface area contributed by atoms with E-state index in [0.717, 1.165) is 0 Å². The van der Waals surface area contributed by atoms with E-state index in [2.05, 4.69) is 72.8 Å². The van der Waals surface area contributed by atoms with Gasteiger partial charge in [-0.3, -0.25) is 0 Å². The third-order valence-electron chi connectivity index (χ3n) is 3.86. The molecule has 0 bridgehead atoms. The van der Waals surface area contributed by atoms with E-state index >= 15 is 0 Å². The Morgan fingerprint density at radius 2 is 1.30 bits per heavy atom. The maximum atomic E-state index is 2.32. The summed E-state index contributed by atoms with van der Waals surface area (Å²) in [6, 6.07) is 21.6. The molecule has 0 nitrogen and oxygen atoms in total. The fourth-order valence-electron chi connectivity index (χ4n) is 2.83. The van der Waals surface area contributed by atoms with Crippen molar-refractivity contribution in [3.05, 3.63) is 83.9 Å². The zero-order valence-electron chi connectivity index (χ0n) is 11.8. The summed E-state index contributed by atoms with van der Waals surface area (Å²) in [7, 11) is 0. The number of benzene rings is 2. The van der Waals surface area contributed by atoms with Gasteiger partial charge in [-0.05, 0) is 48.0 Å². The lowest BCUT2D eigenvalue weighted by molar-refractivity contribution is 0.767. The molecule has 100 valence electrons. The molecule has 0 N–H and O–H groups in total. The summed E-state index contributed by atoms with van der Waals surface area (Å²) in [5.41, 5.74) is 5.55. The summed E-state index contributed by atoms with van der Waals surface area (Å²) >= 11 is 0. The highest BCUT2D eigenvalue weighted by molar-refractivity contribution is 5.95. The van der Waals surface area contributed by atoms with Gasteiger partial charge in [-0.25, -0.2) is 0 Å². The number of allylic oxidation sites excluding steroid dienone is 4. The molecule has 0 aromatic heterocycles. The molecular weight excluding hydrogens is 240 g/mol. The van der Waals surface area contributed by atoms with Crippen molar-refractivity contribution < 1.29 is 0 Å². The molecule has 0 saturated carbocycles. The van der Waals surface area contributed by atoms with Crippen LogP contribution in [-0.2, 0) is 0 Å². The molecule has 3 rings (SSSR count). The summed E-state index contributed by atoms with van der Waals surface area (Å²) in [5.74, 6) is 0. The van der Waals surface area contributed by atoms with Gasteiger partial charge in [0.05, 0.1) is 0 Å².